The lowest BCUT2D eigenvalue weighted by atomic mass is 9.83. The van der Waals surface area contributed by atoms with Crippen molar-refractivity contribution in [2.24, 2.45) is 5.92 Å². The summed E-state index contributed by atoms with van der Waals surface area (Å²) in [6.45, 7) is 2.06. The van der Waals surface area contributed by atoms with E-state index in [0.717, 1.165) is 19.0 Å². The summed E-state index contributed by atoms with van der Waals surface area (Å²) < 4.78 is 1.93. The Balaban J connectivity index is 1.53. The van der Waals surface area contributed by atoms with Crippen LogP contribution >= 0.6 is 0 Å². The van der Waals surface area contributed by atoms with Crippen LogP contribution < -0.4 is 5.32 Å². The van der Waals surface area contributed by atoms with Gasteiger partial charge in [-0.25, -0.2) is 4.52 Å². The van der Waals surface area contributed by atoms with E-state index < -0.39 is 0 Å². The first-order chi connectivity index (χ1) is 8.43. The van der Waals surface area contributed by atoms with Crippen LogP contribution in [0.1, 0.15) is 31.2 Å². The maximum absolute atomic E-state index is 4.34. The quantitative estimate of drug-likeness (QED) is 0.799. The van der Waals surface area contributed by atoms with Crippen molar-refractivity contribution in [2.75, 3.05) is 6.54 Å². The van der Waals surface area contributed by atoms with Gasteiger partial charge in [0.05, 0.1) is 11.7 Å². The molecule has 3 rings (SSSR count). The van der Waals surface area contributed by atoms with Gasteiger partial charge in [-0.2, -0.15) is 5.10 Å². The molecule has 0 amide bonds. The summed E-state index contributed by atoms with van der Waals surface area (Å²) in [6, 6.07) is 6.19. The molecule has 1 N–H and O–H groups in total. The van der Waals surface area contributed by atoms with Crippen LogP contribution in [-0.2, 0) is 6.54 Å². The van der Waals surface area contributed by atoms with Crippen molar-refractivity contribution < 1.29 is 0 Å². The van der Waals surface area contributed by atoms with Gasteiger partial charge in [0.15, 0.2) is 0 Å². The molecule has 0 aliphatic heterocycles. The molecule has 1 aliphatic carbocycles. The van der Waals surface area contributed by atoms with E-state index in [1.165, 1.54) is 36.8 Å². The summed E-state index contributed by atoms with van der Waals surface area (Å²) in [5, 5.41) is 7.86. The van der Waals surface area contributed by atoms with Crippen molar-refractivity contribution in [1.82, 2.24) is 14.9 Å². The van der Waals surface area contributed by atoms with Crippen LogP contribution in [0.5, 0.6) is 0 Å². The Morgan fingerprint density at radius 1 is 1.35 bits per heavy atom. The lowest BCUT2D eigenvalue weighted by molar-refractivity contribution is 0.292. The van der Waals surface area contributed by atoms with E-state index in [0.29, 0.717) is 0 Å². The normalized spacial score (nSPS) is 16.2. The van der Waals surface area contributed by atoms with Gasteiger partial charge in [-0.1, -0.05) is 25.3 Å². The number of aromatic nitrogens is 2. The average Bonchev–Trinajstić information content (AvgIpc) is 2.70. The van der Waals surface area contributed by atoms with Crippen LogP contribution in [0.25, 0.3) is 5.52 Å². The highest BCUT2D eigenvalue weighted by molar-refractivity contribution is 5.53. The number of hydrogen-bond acceptors (Lipinski definition) is 2. The van der Waals surface area contributed by atoms with E-state index in [9.17, 15) is 0 Å². The maximum atomic E-state index is 4.34. The number of rotatable bonds is 5. The Kier molecular flexibility index (Phi) is 3.10. The number of fused-ring (bicyclic) bond motifs is 1. The van der Waals surface area contributed by atoms with Crippen LogP contribution in [-0.4, -0.2) is 16.2 Å². The van der Waals surface area contributed by atoms with Crippen molar-refractivity contribution in [3.05, 3.63) is 36.2 Å². The SMILES string of the molecule is c1ccn2ncc(CNCCC3CCC3)c2c1. The molecule has 0 saturated heterocycles. The molecule has 3 heteroatoms. The minimum atomic E-state index is 0.931. The van der Waals surface area contributed by atoms with Gasteiger partial charge >= 0.3 is 0 Å². The van der Waals surface area contributed by atoms with Crippen LogP contribution in [0.2, 0.25) is 0 Å². The molecule has 0 radical (unpaired) electrons. The Bertz CT molecular complexity index is 485. The van der Waals surface area contributed by atoms with E-state index in [1.807, 2.05) is 23.0 Å². The summed E-state index contributed by atoms with van der Waals surface area (Å²) in [5.74, 6) is 0.992. The van der Waals surface area contributed by atoms with Gasteiger partial charge in [0.2, 0.25) is 0 Å². The molecular formula is C14H19N3. The third kappa shape index (κ3) is 2.34. The average molecular weight is 229 g/mol. The van der Waals surface area contributed by atoms with Crippen molar-refractivity contribution in [3.63, 3.8) is 0 Å². The van der Waals surface area contributed by atoms with Gasteiger partial charge in [-0.15, -0.1) is 0 Å². The fourth-order valence-electron chi connectivity index (χ4n) is 2.43. The second-order valence-corrected chi connectivity index (χ2v) is 4.96. The molecule has 2 aromatic rings. The molecule has 0 spiro atoms. The Morgan fingerprint density at radius 3 is 3.12 bits per heavy atom. The van der Waals surface area contributed by atoms with Gasteiger partial charge in [0, 0.05) is 18.3 Å². The molecule has 2 heterocycles. The first kappa shape index (κ1) is 10.8. The second kappa shape index (κ2) is 4.88. The molecule has 0 atom stereocenters. The zero-order valence-corrected chi connectivity index (χ0v) is 10.1. The zero-order valence-electron chi connectivity index (χ0n) is 10.1. The van der Waals surface area contributed by atoms with Crippen LogP contribution in [0.3, 0.4) is 0 Å². The first-order valence-corrected chi connectivity index (χ1v) is 6.55. The topological polar surface area (TPSA) is 29.3 Å². The lowest BCUT2D eigenvalue weighted by Crippen LogP contribution is -2.21. The molecule has 1 fully saturated rings. The second-order valence-electron chi connectivity index (χ2n) is 4.96. The van der Waals surface area contributed by atoms with Crippen LogP contribution in [0.15, 0.2) is 30.6 Å². The molecule has 0 aromatic carbocycles. The van der Waals surface area contributed by atoms with Gasteiger partial charge in [-0.3, -0.25) is 0 Å². The Hall–Kier alpha value is -1.35. The molecule has 0 unspecified atom stereocenters. The van der Waals surface area contributed by atoms with Crippen molar-refractivity contribution in [3.8, 4) is 0 Å². The Morgan fingerprint density at radius 2 is 2.29 bits per heavy atom. The van der Waals surface area contributed by atoms with E-state index in [-0.39, 0.29) is 0 Å². The molecule has 1 saturated carbocycles. The number of nitrogens with one attached hydrogen (secondary N) is 1. The predicted octanol–water partition coefficient (Wildman–Crippen LogP) is 2.61. The van der Waals surface area contributed by atoms with E-state index in [4.69, 9.17) is 0 Å². The monoisotopic (exact) mass is 229 g/mol. The highest BCUT2D eigenvalue weighted by Crippen LogP contribution is 2.28. The summed E-state index contributed by atoms with van der Waals surface area (Å²) in [4.78, 5) is 0. The fraction of sp³-hybridized carbons (Fsp3) is 0.500. The largest absolute Gasteiger partial charge is 0.313 e. The summed E-state index contributed by atoms with van der Waals surface area (Å²) in [6.07, 6.45) is 9.62. The van der Waals surface area contributed by atoms with E-state index >= 15 is 0 Å². The highest BCUT2D eigenvalue weighted by atomic mass is 15.2. The van der Waals surface area contributed by atoms with Crippen molar-refractivity contribution >= 4 is 5.52 Å². The molecule has 0 bridgehead atoms. The number of pyridine rings is 1. The standard InChI is InChI=1S/C14H19N3/c1-2-9-17-14(6-1)13(11-16-17)10-15-8-7-12-4-3-5-12/h1-2,6,9,11-12,15H,3-5,7-8,10H2. The van der Waals surface area contributed by atoms with Gasteiger partial charge in [0.25, 0.3) is 0 Å². The molecule has 2 aromatic heterocycles. The smallest absolute Gasteiger partial charge is 0.0706 e. The third-order valence-corrected chi connectivity index (χ3v) is 3.78. The molecule has 1 aliphatic rings. The van der Waals surface area contributed by atoms with E-state index in [2.05, 4.69) is 22.5 Å². The minimum absolute atomic E-state index is 0.931. The summed E-state index contributed by atoms with van der Waals surface area (Å²) in [7, 11) is 0. The van der Waals surface area contributed by atoms with E-state index in [1.54, 1.807) is 0 Å². The van der Waals surface area contributed by atoms with Gasteiger partial charge in [-0.05, 0) is 31.0 Å². The highest BCUT2D eigenvalue weighted by Gasteiger charge is 2.16. The van der Waals surface area contributed by atoms with Crippen molar-refractivity contribution in [2.45, 2.75) is 32.2 Å². The molecule has 17 heavy (non-hydrogen) atoms. The molecule has 90 valence electrons. The van der Waals surface area contributed by atoms with Gasteiger partial charge in [0.1, 0.15) is 0 Å². The predicted molar refractivity (Wildman–Crippen MR) is 68.9 cm³/mol. The maximum Gasteiger partial charge on any atom is 0.0706 e. The Labute approximate surface area is 102 Å². The fourth-order valence-corrected chi connectivity index (χ4v) is 2.43. The number of nitrogens with zero attached hydrogens (tertiary/aromatic N) is 2. The van der Waals surface area contributed by atoms with Gasteiger partial charge < -0.3 is 5.32 Å². The third-order valence-electron chi connectivity index (χ3n) is 3.78. The summed E-state index contributed by atoms with van der Waals surface area (Å²) in [5.41, 5.74) is 2.50. The lowest BCUT2D eigenvalue weighted by Gasteiger charge is -2.25. The minimum Gasteiger partial charge on any atom is -0.313 e. The molecule has 3 nitrogen and oxygen atoms in total. The van der Waals surface area contributed by atoms with Crippen molar-refractivity contribution in [1.29, 1.82) is 0 Å². The molecular weight excluding hydrogens is 210 g/mol. The van der Waals surface area contributed by atoms with Crippen LogP contribution in [0, 0.1) is 5.92 Å². The first-order valence-electron chi connectivity index (χ1n) is 6.55. The summed E-state index contributed by atoms with van der Waals surface area (Å²) >= 11 is 0. The zero-order chi connectivity index (χ0) is 11.5. The number of hydrogen-bond donors (Lipinski definition) is 1. The van der Waals surface area contributed by atoms with Crippen LogP contribution in [0.4, 0.5) is 0 Å².